The SMILES string of the molecule is CCCCOC(=O)C1CCCCC1C(=O)Oc1ccccc1C(C)C. The highest BCUT2D eigenvalue weighted by Gasteiger charge is 2.38. The van der Waals surface area contributed by atoms with Gasteiger partial charge in [0.2, 0.25) is 0 Å². The van der Waals surface area contributed by atoms with Crippen molar-refractivity contribution in [2.45, 2.75) is 65.2 Å². The van der Waals surface area contributed by atoms with Gasteiger partial charge in [0.25, 0.3) is 0 Å². The van der Waals surface area contributed by atoms with E-state index in [1.807, 2.05) is 24.3 Å². The van der Waals surface area contributed by atoms with E-state index in [1.54, 1.807) is 0 Å². The molecule has 0 radical (unpaired) electrons. The van der Waals surface area contributed by atoms with Crippen LogP contribution < -0.4 is 4.74 Å². The van der Waals surface area contributed by atoms with Crippen LogP contribution in [0.4, 0.5) is 0 Å². The van der Waals surface area contributed by atoms with Gasteiger partial charge >= 0.3 is 11.9 Å². The average molecular weight is 346 g/mol. The second-order valence-corrected chi connectivity index (χ2v) is 7.13. The lowest BCUT2D eigenvalue weighted by atomic mass is 9.79. The standard InChI is InChI=1S/C21H30O4/c1-4-5-14-24-20(22)17-11-6-7-12-18(17)21(23)25-19-13-9-8-10-16(19)15(2)3/h8-10,13,15,17-18H,4-7,11-12,14H2,1-3H3. The molecule has 0 aliphatic heterocycles. The van der Waals surface area contributed by atoms with Crippen molar-refractivity contribution in [3.8, 4) is 5.75 Å². The van der Waals surface area contributed by atoms with Crippen LogP contribution in [0.3, 0.4) is 0 Å². The van der Waals surface area contributed by atoms with Gasteiger partial charge in [-0.3, -0.25) is 9.59 Å². The quantitative estimate of drug-likeness (QED) is 0.402. The largest absolute Gasteiger partial charge is 0.465 e. The van der Waals surface area contributed by atoms with Gasteiger partial charge in [0.05, 0.1) is 18.4 Å². The highest BCUT2D eigenvalue weighted by Crippen LogP contribution is 2.34. The van der Waals surface area contributed by atoms with Crippen molar-refractivity contribution in [3.05, 3.63) is 29.8 Å². The number of esters is 2. The molecule has 0 bridgehead atoms. The molecule has 4 nitrogen and oxygen atoms in total. The van der Waals surface area contributed by atoms with Crippen LogP contribution >= 0.6 is 0 Å². The third-order valence-corrected chi connectivity index (χ3v) is 4.87. The van der Waals surface area contributed by atoms with Crippen LogP contribution in [0, 0.1) is 11.8 Å². The number of para-hydroxylation sites is 1. The number of carbonyl (C=O) groups is 2. The van der Waals surface area contributed by atoms with Gasteiger partial charge in [-0.25, -0.2) is 0 Å². The highest BCUT2D eigenvalue weighted by molar-refractivity contribution is 5.83. The Morgan fingerprint density at radius 2 is 1.72 bits per heavy atom. The lowest BCUT2D eigenvalue weighted by Gasteiger charge is -2.28. The van der Waals surface area contributed by atoms with E-state index in [2.05, 4.69) is 20.8 Å². The number of hydrogen-bond acceptors (Lipinski definition) is 4. The molecule has 4 heteroatoms. The van der Waals surface area contributed by atoms with E-state index in [-0.39, 0.29) is 23.8 Å². The first-order chi connectivity index (χ1) is 12.0. The minimum Gasteiger partial charge on any atom is -0.465 e. The lowest BCUT2D eigenvalue weighted by Crippen LogP contribution is -2.36. The Morgan fingerprint density at radius 3 is 2.36 bits per heavy atom. The Labute approximate surface area is 150 Å². The summed E-state index contributed by atoms with van der Waals surface area (Å²) in [5.74, 6) is -0.443. The molecule has 2 rings (SSSR count). The molecule has 0 heterocycles. The molecule has 1 aromatic rings. The number of ether oxygens (including phenoxy) is 2. The van der Waals surface area contributed by atoms with Gasteiger partial charge in [0.15, 0.2) is 0 Å². The van der Waals surface area contributed by atoms with E-state index >= 15 is 0 Å². The van der Waals surface area contributed by atoms with Crippen molar-refractivity contribution in [2.24, 2.45) is 11.8 Å². The fourth-order valence-electron chi connectivity index (χ4n) is 3.35. The average Bonchev–Trinajstić information content (AvgIpc) is 2.62. The van der Waals surface area contributed by atoms with Crippen LogP contribution in [0.15, 0.2) is 24.3 Å². The minimum absolute atomic E-state index is 0.243. The monoisotopic (exact) mass is 346 g/mol. The van der Waals surface area contributed by atoms with Crippen LogP contribution in [-0.4, -0.2) is 18.5 Å². The zero-order valence-corrected chi connectivity index (χ0v) is 15.6. The summed E-state index contributed by atoms with van der Waals surface area (Å²) in [6, 6.07) is 7.61. The second-order valence-electron chi connectivity index (χ2n) is 7.13. The number of rotatable bonds is 7. The Bertz CT molecular complexity index is 579. The molecule has 1 saturated carbocycles. The molecular weight excluding hydrogens is 316 g/mol. The molecule has 1 fully saturated rings. The van der Waals surface area contributed by atoms with Gasteiger partial charge in [-0.05, 0) is 36.8 Å². The maximum Gasteiger partial charge on any atom is 0.315 e. The zero-order valence-electron chi connectivity index (χ0n) is 15.6. The third-order valence-electron chi connectivity index (χ3n) is 4.87. The predicted octanol–water partition coefficient (Wildman–Crippen LogP) is 4.87. The molecule has 0 spiro atoms. The van der Waals surface area contributed by atoms with Crippen molar-refractivity contribution in [3.63, 3.8) is 0 Å². The molecule has 0 aromatic heterocycles. The Morgan fingerprint density at radius 1 is 1.08 bits per heavy atom. The number of unbranched alkanes of at least 4 members (excludes halogenated alkanes) is 1. The summed E-state index contributed by atoms with van der Waals surface area (Å²) >= 11 is 0. The van der Waals surface area contributed by atoms with E-state index < -0.39 is 5.92 Å². The maximum absolute atomic E-state index is 12.8. The molecule has 0 N–H and O–H groups in total. The van der Waals surface area contributed by atoms with Gasteiger partial charge in [0, 0.05) is 0 Å². The molecule has 2 atom stereocenters. The van der Waals surface area contributed by atoms with Crippen molar-refractivity contribution in [2.75, 3.05) is 6.61 Å². The van der Waals surface area contributed by atoms with E-state index in [0.29, 0.717) is 25.2 Å². The first kappa shape index (κ1) is 19.5. The van der Waals surface area contributed by atoms with Gasteiger partial charge in [-0.2, -0.15) is 0 Å². The number of hydrogen-bond donors (Lipinski definition) is 0. The summed E-state index contributed by atoms with van der Waals surface area (Å²) in [6.45, 7) is 6.63. The van der Waals surface area contributed by atoms with Gasteiger partial charge in [-0.1, -0.05) is 58.2 Å². The summed E-state index contributed by atoms with van der Waals surface area (Å²) in [7, 11) is 0. The Balaban J connectivity index is 2.06. The third kappa shape index (κ3) is 5.32. The molecule has 25 heavy (non-hydrogen) atoms. The van der Waals surface area contributed by atoms with Crippen molar-refractivity contribution in [1.29, 1.82) is 0 Å². The molecule has 138 valence electrons. The lowest BCUT2D eigenvalue weighted by molar-refractivity contribution is -0.158. The molecule has 1 aliphatic carbocycles. The normalized spacial score (nSPS) is 20.3. The smallest absolute Gasteiger partial charge is 0.315 e. The topological polar surface area (TPSA) is 52.6 Å². The van der Waals surface area contributed by atoms with Crippen molar-refractivity contribution >= 4 is 11.9 Å². The summed E-state index contributed by atoms with van der Waals surface area (Å²) in [5.41, 5.74) is 1.01. The van der Waals surface area contributed by atoms with Crippen LogP contribution in [0.2, 0.25) is 0 Å². The van der Waals surface area contributed by atoms with Crippen LogP contribution in [0.25, 0.3) is 0 Å². The number of benzene rings is 1. The van der Waals surface area contributed by atoms with E-state index in [1.165, 1.54) is 0 Å². The molecule has 2 unspecified atom stereocenters. The summed E-state index contributed by atoms with van der Waals surface area (Å²) in [4.78, 5) is 25.1. The summed E-state index contributed by atoms with van der Waals surface area (Å²) in [6.07, 6.45) is 5.14. The van der Waals surface area contributed by atoms with Crippen LogP contribution in [0.1, 0.15) is 70.8 Å². The Kier molecular flexibility index (Phi) is 7.48. The maximum atomic E-state index is 12.8. The van der Waals surface area contributed by atoms with Crippen molar-refractivity contribution in [1.82, 2.24) is 0 Å². The van der Waals surface area contributed by atoms with Crippen LogP contribution in [0.5, 0.6) is 5.75 Å². The zero-order chi connectivity index (χ0) is 18.2. The molecular formula is C21H30O4. The summed E-state index contributed by atoms with van der Waals surface area (Å²) < 4.78 is 11.1. The predicted molar refractivity (Wildman–Crippen MR) is 97.5 cm³/mol. The van der Waals surface area contributed by atoms with E-state index in [9.17, 15) is 9.59 Å². The fourth-order valence-corrected chi connectivity index (χ4v) is 3.35. The van der Waals surface area contributed by atoms with E-state index in [0.717, 1.165) is 31.2 Å². The number of carbonyl (C=O) groups excluding carboxylic acids is 2. The second kappa shape index (κ2) is 9.59. The highest BCUT2D eigenvalue weighted by atomic mass is 16.5. The Hall–Kier alpha value is -1.84. The minimum atomic E-state index is -0.400. The molecule has 1 aliphatic rings. The first-order valence-corrected chi connectivity index (χ1v) is 9.51. The van der Waals surface area contributed by atoms with Crippen molar-refractivity contribution < 1.29 is 19.1 Å². The van der Waals surface area contributed by atoms with Gasteiger partial charge in [-0.15, -0.1) is 0 Å². The van der Waals surface area contributed by atoms with Gasteiger partial charge < -0.3 is 9.47 Å². The fraction of sp³-hybridized carbons (Fsp3) is 0.619. The molecule has 1 aromatic carbocycles. The first-order valence-electron chi connectivity index (χ1n) is 9.51. The molecule has 0 saturated heterocycles. The summed E-state index contributed by atoms with van der Waals surface area (Å²) in [5, 5.41) is 0. The van der Waals surface area contributed by atoms with Gasteiger partial charge in [0.1, 0.15) is 5.75 Å². The van der Waals surface area contributed by atoms with E-state index in [4.69, 9.17) is 9.47 Å². The van der Waals surface area contributed by atoms with Crippen LogP contribution in [-0.2, 0) is 14.3 Å². The molecule has 0 amide bonds.